The summed E-state index contributed by atoms with van der Waals surface area (Å²) in [5, 5.41) is 14.6. The van der Waals surface area contributed by atoms with E-state index in [-0.39, 0.29) is 37.8 Å². The van der Waals surface area contributed by atoms with Gasteiger partial charge in [0.05, 0.1) is 0 Å². The van der Waals surface area contributed by atoms with E-state index in [1.54, 1.807) is 7.11 Å². The Morgan fingerprint density at radius 1 is 1.03 bits per heavy atom. The quantitative estimate of drug-likeness (QED) is 0.395. The predicted molar refractivity (Wildman–Crippen MR) is 132 cm³/mol. The molecule has 0 fully saturated rings. The number of fused-ring (bicyclic) bond motifs is 3. The molecule has 0 heterocycles. The average molecular weight is 483 g/mol. The van der Waals surface area contributed by atoms with Gasteiger partial charge in [-0.25, -0.2) is 9.59 Å². The van der Waals surface area contributed by atoms with Gasteiger partial charge >= 0.3 is 12.1 Å². The van der Waals surface area contributed by atoms with Gasteiger partial charge in [-0.3, -0.25) is 4.79 Å². The lowest BCUT2D eigenvalue weighted by Gasteiger charge is -2.25. The Morgan fingerprint density at radius 3 is 2.20 bits per heavy atom. The van der Waals surface area contributed by atoms with Crippen molar-refractivity contribution < 1.29 is 29.0 Å². The smallest absolute Gasteiger partial charge is 0.407 e. The zero-order chi connectivity index (χ0) is 25.4. The van der Waals surface area contributed by atoms with E-state index in [0.29, 0.717) is 13.0 Å². The number of hydrogen-bond donors (Lipinski definition) is 3. The molecule has 8 nitrogen and oxygen atoms in total. The molecule has 0 aliphatic heterocycles. The number of alkyl carbamates (subject to hydrolysis) is 1. The van der Waals surface area contributed by atoms with Crippen molar-refractivity contribution in [2.24, 2.45) is 5.41 Å². The van der Waals surface area contributed by atoms with E-state index >= 15 is 0 Å². The number of benzene rings is 2. The summed E-state index contributed by atoms with van der Waals surface area (Å²) in [6.45, 7) is 4.50. The van der Waals surface area contributed by atoms with Crippen LogP contribution >= 0.6 is 0 Å². The molecular weight excluding hydrogens is 448 g/mol. The highest BCUT2D eigenvalue weighted by Gasteiger charge is 2.30. The third-order valence-corrected chi connectivity index (χ3v) is 6.17. The number of hydrogen-bond acceptors (Lipinski definition) is 5. The van der Waals surface area contributed by atoms with Gasteiger partial charge < -0.3 is 25.2 Å². The van der Waals surface area contributed by atoms with Crippen LogP contribution in [0.2, 0.25) is 0 Å². The zero-order valence-electron chi connectivity index (χ0n) is 20.5. The predicted octanol–water partition coefficient (Wildman–Crippen LogP) is 3.94. The molecule has 1 aliphatic rings. The van der Waals surface area contributed by atoms with Crippen molar-refractivity contribution in [3.8, 4) is 11.1 Å². The first kappa shape index (κ1) is 26.2. The number of carboxylic acids is 1. The third kappa shape index (κ3) is 7.05. The average Bonchev–Trinajstić information content (AvgIpc) is 3.14. The number of rotatable bonds is 12. The van der Waals surface area contributed by atoms with Crippen LogP contribution in [0.5, 0.6) is 0 Å². The molecule has 2 aromatic rings. The normalized spacial score (nSPS) is 13.5. The van der Waals surface area contributed by atoms with E-state index in [2.05, 4.69) is 34.9 Å². The topological polar surface area (TPSA) is 114 Å². The molecule has 1 atom stereocenters. The molecule has 0 aromatic heterocycles. The molecule has 0 saturated heterocycles. The van der Waals surface area contributed by atoms with Gasteiger partial charge in [0.15, 0.2) is 0 Å². The second kappa shape index (κ2) is 11.8. The first-order chi connectivity index (χ1) is 16.7. The number of carboxylic acid groups (broad SMARTS) is 1. The zero-order valence-corrected chi connectivity index (χ0v) is 20.5. The lowest BCUT2D eigenvalue weighted by atomic mass is 9.88. The molecule has 35 heavy (non-hydrogen) atoms. The highest BCUT2D eigenvalue weighted by Crippen LogP contribution is 2.44. The van der Waals surface area contributed by atoms with E-state index in [9.17, 15) is 19.5 Å². The van der Waals surface area contributed by atoms with Gasteiger partial charge in [-0.2, -0.15) is 0 Å². The monoisotopic (exact) mass is 482 g/mol. The minimum absolute atomic E-state index is 0.0296. The van der Waals surface area contributed by atoms with Crippen molar-refractivity contribution in [1.82, 2.24) is 10.6 Å². The van der Waals surface area contributed by atoms with Crippen LogP contribution in [-0.2, 0) is 19.1 Å². The molecule has 1 unspecified atom stereocenters. The molecule has 1 aliphatic carbocycles. The maximum absolute atomic E-state index is 12.4. The van der Waals surface area contributed by atoms with Crippen LogP contribution in [0, 0.1) is 5.41 Å². The molecule has 3 N–H and O–H groups in total. The van der Waals surface area contributed by atoms with Gasteiger partial charge in [0.25, 0.3) is 0 Å². The molecule has 3 rings (SSSR count). The van der Waals surface area contributed by atoms with Crippen LogP contribution in [-0.4, -0.2) is 56.0 Å². The van der Waals surface area contributed by atoms with Crippen LogP contribution in [0.25, 0.3) is 11.1 Å². The lowest BCUT2D eigenvalue weighted by molar-refractivity contribution is -0.142. The van der Waals surface area contributed by atoms with Crippen LogP contribution in [0.15, 0.2) is 48.5 Å². The molecule has 8 heteroatoms. The summed E-state index contributed by atoms with van der Waals surface area (Å²) in [6, 6.07) is 15.3. The third-order valence-electron chi connectivity index (χ3n) is 6.17. The summed E-state index contributed by atoms with van der Waals surface area (Å²) >= 11 is 0. The van der Waals surface area contributed by atoms with Gasteiger partial charge in [-0.15, -0.1) is 0 Å². The summed E-state index contributed by atoms with van der Waals surface area (Å²) in [5.74, 6) is -1.49. The maximum Gasteiger partial charge on any atom is 0.407 e. The number of amides is 2. The van der Waals surface area contributed by atoms with Crippen molar-refractivity contribution in [3.63, 3.8) is 0 Å². The maximum atomic E-state index is 12.4. The summed E-state index contributed by atoms with van der Waals surface area (Å²) in [5.41, 5.74) is 4.00. The van der Waals surface area contributed by atoms with Crippen molar-refractivity contribution >= 4 is 18.0 Å². The van der Waals surface area contributed by atoms with Gasteiger partial charge in [0, 0.05) is 32.6 Å². The Balaban J connectivity index is 1.48. The fourth-order valence-corrected chi connectivity index (χ4v) is 4.39. The summed E-state index contributed by atoms with van der Waals surface area (Å²) in [6.07, 6.45) is 0.321. The Bertz CT molecular complexity index is 1010. The van der Waals surface area contributed by atoms with Gasteiger partial charge in [-0.1, -0.05) is 62.4 Å². The number of carbonyl (C=O) groups is 3. The largest absolute Gasteiger partial charge is 0.480 e. The van der Waals surface area contributed by atoms with Crippen LogP contribution in [0.3, 0.4) is 0 Å². The molecular formula is C27H34N2O6. The Morgan fingerprint density at radius 2 is 1.63 bits per heavy atom. The van der Waals surface area contributed by atoms with Crippen LogP contribution in [0.1, 0.15) is 50.2 Å². The number of carbonyl (C=O) groups excluding carboxylic acids is 2. The van der Waals surface area contributed by atoms with Gasteiger partial charge in [0.1, 0.15) is 12.6 Å². The van der Waals surface area contributed by atoms with Gasteiger partial charge in [-0.05, 0) is 40.5 Å². The lowest BCUT2D eigenvalue weighted by Crippen LogP contribution is -2.44. The highest BCUT2D eigenvalue weighted by atomic mass is 16.5. The standard InChI is InChI=1S/C27H34N2O6/c1-27(2,15-24(30)29-23(25(31)32)13-8-14-34-3)17-28-26(33)35-16-22-20-11-6-4-9-18(20)19-10-5-7-12-21(19)22/h4-7,9-12,22-23H,8,13-17H2,1-3H3,(H,28,33)(H,29,30)(H,31,32). The van der Waals surface area contributed by atoms with E-state index in [1.165, 1.54) is 0 Å². The fourth-order valence-electron chi connectivity index (χ4n) is 4.39. The molecule has 0 spiro atoms. The Labute approximate surface area is 206 Å². The number of ether oxygens (including phenoxy) is 2. The highest BCUT2D eigenvalue weighted by molar-refractivity contribution is 5.84. The molecule has 0 bridgehead atoms. The first-order valence-corrected chi connectivity index (χ1v) is 11.8. The van der Waals surface area contributed by atoms with E-state index in [1.807, 2.05) is 38.1 Å². The molecule has 2 aromatic carbocycles. The molecule has 0 saturated carbocycles. The molecule has 188 valence electrons. The first-order valence-electron chi connectivity index (χ1n) is 11.8. The Kier molecular flexibility index (Phi) is 8.87. The molecule has 0 radical (unpaired) electrons. The minimum Gasteiger partial charge on any atom is -0.480 e. The van der Waals surface area contributed by atoms with Crippen molar-refractivity contribution in [2.75, 3.05) is 26.9 Å². The van der Waals surface area contributed by atoms with E-state index in [4.69, 9.17) is 9.47 Å². The summed E-state index contributed by atoms with van der Waals surface area (Å²) < 4.78 is 10.5. The SMILES string of the molecule is COCCCC(NC(=O)CC(C)(C)CNC(=O)OCC1c2ccccc2-c2ccccc21)C(=O)O. The minimum atomic E-state index is -1.08. The number of aliphatic carboxylic acids is 1. The number of methoxy groups -OCH3 is 1. The van der Waals surface area contributed by atoms with Crippen molar-refractivity contribution in [2.45, 2.75) is 45.1 Å². The molecule has 2 amide bonds. The second-order valence-corrected chi connectivity index (χ2v) is 9.61. The summed E-state index contributed by atoms with van der Waals surface area (Å²) in [4.78, 5) is 36.3. The van der Waals surface area contributed by atoms with Crippen LogP contribution in [0.4, 0.5) is 4.79 Å². The van der Waals surface area contributed by atoms with E-state index < -0.39 is 23.5 Å². The number of nitrogens with one attached hydrogen (secondary N) is 2. The van der Waals surface area contributed by atoms with Gasteiger partial charge in [0.2, 0.25) is 5.91 Å². The van der Waals surface area contributed by atoms with Crippen molar-refractivity contribution in [1.29, 1.82) is 0 Å². The Hall–Kier alpha value is -3.39. The summed E-state index contributed by atoms with van der Waals surface area (Å²) in [7, 11) is 1.54. The van der Waals surface area contributed by atoms with Crippen molar-refractivity contribution in [3.05, 3.63) is 59.7 Å². The fraction of sp³-hybridized carbons (Fsp3) is 0.444. The van der Waals surface area contributed by atoms with E-state index in [0.717, 1.165) is 22.3 Å². The van der Waals surface area contributed by atoms with Crippen LogP contribution < -0.4 is 10.6 Å². The second-order valence-electron chi connectivity index (χ2n) is 9.61.